The van der Waals surface area contributed by atoms with Gasteiger partial charge in [-0.1, -0.05) is 30.3 Å². The first kappa shape index (κ1) is 22.5. The number of aryl methyl sites for hydroxylation is 1. The minimum Gasteiger partial charge on any atom is -0.366 e. The summed E-state index contributed by atoms with van der Waals surface area (Å²) in [7, 11) is -2.34. The van der Waals surface area contributed by atoms with Crippen LogP contribution in [0.2, 0.25) is 0 Å². The number of fused-ring (bicyclic) bond motifs is 1. The highest BCUT2D eigenvalue weighted by molar-refractivity contribution is 7.70. The molecule has 168 valence electrons. The molecule has 0 aliphatic carbocycles. The van der Waals surface area contributed by atoms with E-state index in [1.165, 1.54) is 6.07 Å². The molecule has 0 atom stereocenters. The van der Waals surface area contributed by atoms with Crippen LogP contribution in [0.15, 0.2) is 66.9 Å². The fourth-order valence-corrected chi connectivity index (χ4v) is 4.75. The molecule has 2 aromatic heterocycles. The summed E-state index contributed by atoms with van der Waals surface area (Å²) in [6.07, 6.45) is 1.61. The van der Waals surface area contributed by atoms with Crippen molar-refractivity contribution in [3.63, 3.8) is 0 Å². The van der Waals surface area contributed by atoms with Crippen molar-refractivity contribution in [3.8, 4) is 11.3 Å². The highest BCUT2D eigenvalue weighted by atomic mass is 31.2. The molecular weight excluding hydrogens is 435 g/mol. The summed E-state index contributed by atoms with van der Waals surface area (Å²) in [6, 6.07) is 18.1. The lowest BCUT2D eigenvalue weighted by Crippen LogP contribution is -2.17. The van der Waals surface area contributed by atoms with Crippen molar-refractivity contribution < 1.29 is 14.2 Å². The predicted molar refractivity (Wildman–Crippen MR) is 133 cm³/mol. The molecule has 0 aliphatic rings. The summed E-state index contributed by atoms with van der Waals surface area (Å²) in [5.74, 6) is -0.945. The molecule has 0 saturated carbocycles. The van der Waals surface area contributed by atoms with Crippen molar-refractivity contribution in [1.82, 2.24) is 9.55 Å². The zero-order valence-corrected chi connectivity index (χ0v) is 19.6. The van der Waals surface area contributed by atoms with E-state index in [0.717, 1.165) is 27.5 Å². The van der Waals surface area contributed by atoms with Crippen LogP contribution in [0.4, 0.5) is 5.69 Å². The third-order valence-corrected chi connectivity index (χ3v) is 7.07. The van der Waals surface area contributed by atoms with Crippen LogP contribution >= 0.6 is 7.14 Å². The summed E-state index contributed by atoms with van der Waals surface area (Å²) in [4.78, 5) is 29.0. The molecule has 2 aromatic carbocycles. The van der Waals surface area contributed by atoms with Gasteiger partial charge in [-0.15, -0.1) is 0 Å². The number of amides is 2. The van der Waals surface area contributed by atoms with Crippen LogP contribution in [-0.2, 0) is 11.1 Å². The van der Waals surface area contributed by atoms with E-state index in [0.29, 0.717) is 17.8 Å². The molecule has 0 radical (unpaired) electrons. The Morgan fingerprint density at radius 3 is 2.42 bits per heavy atom. The maximum absolute atomic E-state index is 13.1. The Morgan fingerprint density at radius 1 is 1.06 bits per heavy atom. The number of rotatable bonds is 6. The minimum atomic E-state index is -2.34. The Balaban J connectivity index is 1.76. The average molecular weight is 460 g/mol. The highest BCUT2D eigenvalue weighted by Crippen LogP contribution is 2.36. The molecule has 7 nitrogen and oxygen atoms in total. The van der Waals surface area contributed by atoms with Crippen molar-refractivity contribution in [2.45, 2.75) is 13.5 Å². The van der Waals surface area contributed by atoms with Gasteiger partial charge in [0.25, 0.3) is 5.91 Å². The Bertz CT molecular complexity index is 1420. The summed E-state index contributed by atoms with van der Waals surface area (Å²) in [5, 5.41) is 4.53. The number of nitrogens with one attached hydrogen (secondary N) is 1. The predicted octanol–water partition coefficient (Wildman–Crippen LogP) is 4.32. The Morgan fingerprint density at radius 2 is 1.79 bits per heavy atom. The quantitative estimate of drug-likeness (QED) is 0.418. The molecule has 2 amide bonds. The third-order valence-electron chi connectivity index (χ3n) is 5.53. The Hall–Kier alpha value is -3.70. The second kappa shape index (κ2) is 8.68. The van der Waals surface area contributed by atoms with Crippen LogP contribution in [0.1, 0.15) is 27.8 Å². The van der Waals surface area contributed by atoms with E-state index in [1.54, 1.807) is 37.7 Å². The number of aromatic nitrogens is 2. The van der Waals surface area contributed by atoms with E-state index in [2.05, 4.69) is 10.3 Å². The topological polar surface area (TPSA) is 107 Å². The van der Waals surface area contributed by atoms with Gasteiger partial charge in [0.05, 0.1) is 5.52 Å². The van der Waals surface area contributed by atoms with E-state index in [9.17, 15) is 14.2 Å². The Kier molecular flexibility index (Phi) is 5.91. The molecule has 3 N–H and O–H groups in total. The fourth-order valence-electron chi connectivity index (χ4n) is 3.88. The van der Waals surface area contributed by atoms with Gasteiger partial charge in [-0.3, -0.25) is 9.59 Å². The normalized spacial score (nSPS) is 11.5. The molecule has 8 heteroatoms. The monoisotopic (exact) mass is 460 g/mol. The number of carbonyl (C=O) groups is 2. The van der Waals surface area contributed by atoms with Crippen molar-refractivity contribution in [1.29, 1.82) is 0 Å². The van der Waals surface area contributed by atoms with E-state index >= 15 is 0 Å². The van der Waals surface area contributed by atoms with E-state index < -0.39 is 13.0 Å². The van der Waals surface area contributed by atoms with Gasteiger partial charge in [0.15, 0.2) is 5.69 Å². The molecule has 0 fully saturated rings. The maximum atomic E-state index is 13.1. The van der Waals surface area contributed by atoms with Crippen molar-refractivity contribution in [3.05, 3.63) is 78.1 Å². The number of pyridine rings is 1. The summed E-state index contributed by atoms with van der Waals surface area (Å²) in [5.41, 5.74) is 9.03. The second-order valence-electron chi connectivity index (χ2n) is 8.17. The van der Waals surface area contributed by atoms with Gasteiger partial charge in [0, 0.05) is 40.4 Å². The lowest BCUT2D eigenvalue weighted by atomic mass is 10.1. The first-order valence-corrected chi connectivity index (χ1v) is 13.1. The van der Waals surface area contributed by atoms with E-state index in [4.69, 9.17) is 5.73 Å². The largest absolute Gasteiger partial charge is 0.366 e. The molecule has 4 rings (SSSR count). The van der Waals surface area contributed by atoms with Gasteiger partial charge in [0.1, 0.15) is 7.14 Å². The zero-order chi connectivity index (χ0) is 23.8. The smallest absolute Gasteiger partial charge is 0.276 e. The molecule has 0 aliphatic heterocycles. The van der Waals surface area contributed by atoms with Gasteiger partial charge in [-0.05, 0) is 56.1 Å². The van der Waals surface area contributed by atoms with Gasteiger partial charge in [0.2, 0.25) is 5.91 Å². The summed E-state index contributed by atoms with van der Waals surface area (Å²) >= 11 is 0. The van der Waals surface area contributed by atoms with Crippen LogP contribution in [0.3, 0.4) is 0 Å². The molecule has 0 unspecified atom stereocenters. The number of carbonyl (C=O) groups excluding carboxylic acids is 2. The molecule has 2 heterocycles. The molecule has 0 saturated heterocycles. The van der Waals surface area contributed by atoms with Crippen molar-refractivity contribution in [2.75, 3.05) is 18.6 Å². The Labute approximate surface area is 192 Å². The lowest BCUT2D eigenvalue weighted by molar-refractivity contribution is 0.0995. The number of hydrogen-bond donors (Lipinski definition) is 2. The molecular formula is C25H25N4O3P. The van der Waals surface area contributed by atoms with Gasteiger partial charge in [-0.2, -0.15) is 0 Å². The molecule has 4 aromatic rings. The maximum Gasteiger partial charge on any atom is 0.276 e. The molecule has 0 bridgehead atoms. The van der Waals surface area contributed by atoms with Gasteiger partial charge < -0.3 is 20.2 Å². The van der Waals surface area contributed by atoms with Gasteiger partial charge >= 0.3 is 0 Å². The van der Waals surface area contributed by atoms with Crippen LogP contribution < -0.4 is 16.4 Å². The summed E-state index contributed by atoms with van der Waals surface area (Å²) in [6.45, 7) is 6.14. The zero-order valence-electron chi connectivity index (χ0n) is 18.7. The molecule has 0 spiro atoms. The lowest BCUT2D eigenvalue weighted by Gasteiger charge is -2.12. The number of nitrogens with two attached hydrogens (primary N) is 1. The van der Waals surface area contributed by atoms with Crippen molar-refractivity contribution >= 4 is 40.9 Å². The summed E-state index contributed by atoms with van der Waals surface area (Å²) < 4.78 is 14.4. The van der Waals surface area contributed by atoms with E-state index in [1.807, 2.05) is 47.9 Å². The average Bonchev–Trinajstić information content (AvgIpc) is 3.17. The minimum absolute atomic E-state index is 0.285. The number of hydrogen-bond acceptors (Lipinski definition) is 4. The highest BCUT2D eigenvalue weighted by Gasteiger charge is 2.19. The van der Waals surface area contributed by atoms with Crippen LogP contribution in [0, 0.1) is 0 Å². The first-order chi connectivity index (χ1) is 15.7. The number of primary amides is 1. The fraction of sp³-hybridized carbons (Fsp3) is 0.160. The third kappa shape index (κ3) is 4.45. The second-order valence-corrected chi connectivity index (χ2v) is 11.4. The first-order valence-electron chi connectivity index (χ1n) is 10.5. The molecule has 33 heavy (non-hydrogen) atoms. The number of anilines is 1. The van der Waals surface area contributed by atoms with Crippen LogP contribution in [-0.4, -0.2) is 34.7 Å². The van der Waals surface area contributed by atoms with E-state index in [-0.39, 0.29) is 11.6 Å². The van der Waals surface area contributed by atoms with Crippen LogP contribution in [0.5, 0.6) is 0 Å². The van der Waals surface area contributed by atoms with Crippen LogP contribution in [0.25, 0.3) is 22.2 Å². The number of nitrogens with zero attached hydrogens (tertiary/aromatic N) is 2. The standard InChI is InChI=1S/C25H25N4O3P/c1-4-29-21(16-8-10-20(11-9-16)33(2,3)32)15-17-12-13-27-22(23(17)29)25(31)28-19-7-5-6-18(14-19)24(26)30/h5-15H,4H2,1-3H3,(H2,26,30)(H,28,31). The number of benzene rings is 2. The SMILES string of the molecule is CCn1c(-c2ccc(P(C)(C)=O)cc2)cc2ccnc(C(=O)Nc3cccc(C(N)=O)c3)c21. The van der Waals surface area contributed by atoms with Crippen molar-refractivity contribution in [2.24, 2.45) is 5.73 Å². The van der Waals surface area contributed by atoms with Gasteiger partial charge in [-0.25, -0.2) is 4.98 Å².